The lowest BCUT2D eigenvalue weighted by atomic mass is 9.66. The maximum atomic E-state index is 14.0. The van der Waals surface area contributed by atoms with E-state index in [4.69, 9.17) is 0 Å². The number of halogens is 5. The van der Waals surface area contributed by atoms with Crippen LogP contribution >= 0.6 is 0 Å². The fourth-order valence-corrected chi connectivity index (χ4v) is 2.41. The van der Waals surface area contributed by atoms with Gasteiger partial charge < -0.3 is 5.11 Å². The summed E-state index contributed by atoms with van der Waals surface area (Å²) < 4.78 is 65.6. The van der Waals surface area contributed by atoms with Crippen LogP contribution in [-0.4, -0.2) is 22.8 Å². The van der Waals surface area contributed by atoms with Crippen LogP contribution in [0, 0.1) is 5.41 Å². The molecular formula is C11H17F5O. The van der Waals surface area contributed by atoms with Crippen molar-refractivity contribution in [1.82, 2.24) is 0 Å². The minimum Gasteiger partial charge on any atom is -0.376 e. The highest BCUT2D eigenvalue weighted by Crippen LogP contribution is 2.56. The second-order valence-electron chi connectivity index (χ2n) is 5.27. The van der Waals surface area contributed by atoms with Gasteiger partial charge in [0.15, 0.2) is 0 Å². The molecule has 1 N–H and O–H groups in total. The van der Waals surface area contributed by atoms with Gasteiger partial charge in [0.1, 0.15) is 0 Å². The van der Waals surface area contributed by atoms with Gasteiger partial charge in [-0.15, -0.1) is 0 Å². The van der Waals surface area contributed by atoms with E-state index in [1.54, 1.807) is 0 Å². The van der Waals surface area contributed by atoms with Crippen molar-refractivity contribution in [2.45, 2.75) is 63.7 Å². The number of hydrogen-bond donors (Lipinski definition) is 1. The molecule has 1 nitrogen and oxygen atoms in total. The van der Waals surface area contributed by atoms with Gasteiger partial charge in [-0.05, 0) is 19.8 Å². The first-order chi connectivity index (χ1) is 7.46. The van der Waals surface area contributed by atoms with Crippen molar-refractivity contribution in [3.05, 3.63) is 0 Å². The van der Waals surface area contributed by atoms with E-state index >= 15 is 0 Å². The third kappa shape index (κ3) is 2.16. The smallest absolute Gasteiger partial charge is 0.376 e. The number of aliphatic hydroxyl groups is 1. The minimum absolute atomic E-state index is 0.00618. The molecule has 1 aliphatic rings. The Labute approximate surface area is 97.0 Å². The molecule has 1 unspecified atom stereocenters. The standard InChI is InChI=1S/C11H17F5O/c1-8(6-4-3-5-7-8)10(12,13)9(2,17)11(14,15)16/h17H,3-7H2,1-2H3. The topological polar surface area (TPSA) is 20.2 Å². The predicted octanol–water partition coefficient (Wildman–Crippen LogP) is 3.91. The predicted molar refractivity (Wildman–Crippen MR) is 52.8 cm³/mol. The van der Waals surface area contributed by atoms with E-state index in [2.05, 4.69) is 0 Å². The highest BCUT2D eigenvalue weighted by Gasteiger charge is 2.71. The van der Waals surface area contributed by atoms with Gasteiger partial charge in [0.05, 0.1) is 0 Å². The Balaban J connectivity index is 3.08. The summed E-state index contributed by atoms with van der Waals surface area (Å²) in [4.78, 5) is 0. The Morgan fingerprint density at radius 1 is 0.941 bits per heavy atom. The SMILES string of the molecule is CC1(C(F)(F)C(C)(O)C(F)(F)F)CCCCC1. The molecule has 0 bridgehead atoms. The molecule has 0 amide bonds. The van der Waals surface area contributed by atoms with Gasteiger partial charge >= 0.3 is 6.18 Å². The average molecular weight is 260 g/mol. The van der Waals surface area contributed by atoms with Crippen molar-refractivity contribution in [1.29, 1.82) is 0 Å². The second-order valence-corrected chi connectivity index (χ2v) is 5.27. The zero-order chi connectivity index (χ0) is 13.5. The fourth-order valence-electron chi connectivity index (χ4n) is 2.41. The van der Waals surface area contributed by atoms with E-state index in [1.165, 1.54) is 0 Å². The van der Waals surface area contributed by atoms with Gasteiger partial charge in [0.2, 0.25) is 5.60 Å². The zero-order valence-corrected chi connectivity index (χ0v) is 9.87. The van der Waals surface area contributed by atoms with Crippen LogP contribution in [0.25, 0.3) is 0 Å². The van der Waals surface area contributed by atoms with E-state index in [-0.39, 0.29) is 19.8 Å². The molecule has 1 fully saturated rings. The molecule has 0 aromatic carbocycles. The summed E-state index contributed by atoms with van der Waals surface area (Å²) in [5, 5.41) is 9.22. The Bertz CT molecular complexity index is 276. The molecule has 0 radical (unpaired) electrons. The molecule has 0 spiro atoms. The van der Waals surface area contributed by atoms with Crippen LogP contribution in [-0.2, 0) is 0 Å². The molecule has 0 heterocycles. The highest BCUT2D eigenvalue weighted by atomic mass is 19.4. The molecule has 0 aromatic heterocycles. The molecule has 6 heteroatoms. The largest absolute Gasteiger partial charge is 0.422 e. The Hall–Kier alpha value is -0.390. The summed E-state index contributed by atoms with van der Waals surface area (Å²) in [6.07, 6.45) is -3.63. The molecule has 0 saturated heterocycles. The van der Waals surface area contributed by atoms with Crippen molar-refractivity contribution in [2.24, 2.45) is 5.41 Å². The molecular weight excluding hydrogens is 243 g/mol. The normalized spacial score (nSPS) is 25.4. The Kier molecular flexibility index (Phi) is 3.51. The fraction of sp³-hybridized carbons (Fsp3) is 1.00. The van der Waals surface area contributed by atoms with Crippen LogP contribution in [0.2, 0.25) is 0 Å². The average Bonchev–Trinajstić information content (AvgIpc) is 2.16. The molecule has 17 heavy (non-hydrogen) atoms. The van der Waals surface area contributed by atoms with Crippen LogP contribution < -0.4 is 0 Å². The third-order valence-electron chi connectivity index (χ3n) is 3.88. The Morgan fingerprint density at radius 2 is 1.35 bits per heavy atom. The molecule has 0 aromatic rings. The van der Waals surface area contributed by atoms with Crippen LogP contribution in [0.1, 0.15) is 46.0 Å². The first-order valence-corrected chi connectivity index (χ1v) is 5.63. The summed E-state index contributed by atoms with van der Waals surface area (Å²) in [6, 6.07) is 0. The van der Waals surface area contributed by atoms with Crippen LogP contribution in [0.3, 0.4) is 0 Å². The zero-order valence-electron chi connectivity index (χ0n) is 9.87. The van der Waals surface area contributed by atoms with Gasteiger partial charge in [-0.2, -0.15) is 13.2 Å². The van der Waals surface area contributed by atoms with Gasteiger partial charge in [-0.3, -0.25) is 0 Å². The summed E-state index contributed by atoms with van der Waals surface area (Å²) in [5.41, 5.74) is -5.77. The monoisotopic (exact) mass is 260 g/mol. The van der Waals surface area contributed by atoms with Crippen molar-refractivity contribution < 1.29 is 27.1 Å². The van der Waals surface area contributed by atoms with E-state index in [0.717, 1.165) is 13.3 Å². The van der Waals surface area contributed by atoms with Crippen LogP contribution in [0.15, 0.2) is 0 Å². The van der Waals surface area contributed by atoms with Crippen molar-refractivity contribution in [3.63, 3.8) is 0 Å². The quantitative estimate of drug-likeness (QED) is 0.746. The van der Waals surface area contributed by atoms with Crippen molar-refractivity contribution in [3.8, 4) is 0 Å². The Morgan fingerprint density at radius 3 is 1.71 bits per heavy atom. The molecule has 1 aliphatic carbocycles. The third-order valence-corrected chi connectivity index (χ3v) is 3.88. The lowest BCUT2D eigenvalue weighted by Gasteiger charge is -2.47. The first-order valence-electron chi connectivity index (χ1n) is 5.63. The lowest BCUT2D eigenvalue weighted by Crippen LogP contribution is -2.63. The minimum atomic E-state index is -5.34. The van der Waals surface area contributed by atoms with Crippen molar-refractivity contribution >= 4 is 0 Å². The summed E-state index contributed by atoms with van der Waals surface area (Å²) in [7, 11) is 0. The van der Waals surface area contributed by atoms with Crippen LogP contribution in [0.4, 0.5) is 22.0 Å². The maximum Gasteiger partial charge on any atom is 0.422 e. The van der Waals surface area contributed by atoms with Crippen molar-refractivity contribution in [2.75, 3.05) is 0 Å². The number of rotatable bonds is 2. The molecule has 102 valence electrons. The summed E-state index contributed by atoms with van der Waals surface area (Å²) in [5.74, 6) is -4.18. The lowest BCUT2D eigenvalue weighted by molar-refractivity contribution is -0.352. The number of hydrogen-bond acceptors (Lipinski definition) is 1. The molecule has 0 aliphatic heterocycles. The van der Waals surface area contributed by atoms with Gasteiger partial charge in [0.25, 0.3) is 5.92 Å². The van der Waals surface area contributed by atoms with E-state index in [0.29, 0.717) is 12.8 Å². The summed E-state index contributed by atoms with van der Waals surface area (Å²) >= 11 is 0. The number of alkyl halides is 5. The molecule has 1 saturated carbocycles. The van der Waals surface area contributed by atoms with Crippen LogP contribution in [0.5, 0.6) is 0 Å². The van der Waals surface area contributed by atoms with E-state index < -0.39 is 23.1 Å². The highest BCUT2D eigenvalue weighted by molar-refractivity contribution is 5.05. The van der Waals surface area contributed by atoms with E-state index in [9.17, 15) is 27.1 Å². The molecule has 1 rings (SSSR count). The maximum absolute atomic E-state index is 14.0. The van der Waals surface area contributed by atoms with Gasteiger partial charge in [-0.1, -0.05) is 26.2 Å². The van der Waals surface area contributed by atoms with E-state index in [1.807, 2.05) is 0 Å². The first kappa shape index (κ1) is 14.7. The van der Waals surface area contributed by atoms with Gasteiger partial charge in [0, 0.05) is 5.41 Å². The second kappa shape index (κ2) is 4.07. The van der Waals surface area contributed by atoms with Gasteiger partial charge in [-0.25, -0.2) is 8.78 Å². The summed E-state index contributed by atoms with van der Waals surface area (Å²) in [6.45, 7) is 1.29. The molecule has 1 atom stereocenters.